The van der Waals surface area contributed by atoms with Gasteiger partial charge in [-0.15, -0.1) is 0 Å². The molecule has 1 aromatic rings. The van der Waals surface area contributed by atoms with Gasteiger partial charge in [0.1, 0.15) is 11.4 Å². The van der Waals surface area contributed by atoms with E-state index in [-0.39, 0.29) is 10.6 Å². The molecule has 1 fully saturated rings. The number of nitrogens with zero attached hydrogens (tertiary/aromatic N) is 2. The predicted molar refractivity (Wildman–Crippen MR) is 78.6 cm³/mol. The van der Waals surface area contributed by atoms with Gasteiger partial charge in [-0.25, -0.2) is 0 Å². The van der Waals surface area contributed by atoms with Gasteiger partial charge in [-0.3, -0.25) is 10.1 Å². The Kier molecular flexibility index (Phi) is 4.79. The molecule has 20 heavy (non-hydrogen) atoms. The number of hydrogen-bond donors (Lipinski definition) is 1. The summed E-state index contributed by atoms with van der Waals surface area (Å²) in [5, 5.41) is 14.6. The summed E-state index contributed by atoms with van der Waals surface area (Å²) >= 11 is 0. The number of methoxy groups -OCH3 is 1. The summed E-state index contributed by atoms with van der Waals surface area (Å²) in [4.78, 5) is 12.8. The fourth-order valence-electron chi connectivity index (χ4n) is 2.61. The highest BCUT2D eigenvalue weighted by molar-refractivity contribution is 5.65. The third kappa shape index (κ3) is 3.39. The number of nitro groups is 1. The number of anilines is 1. The van der Waals surface area contributed by atoms with Gasteiger partial charge in [0.25, 0.3) is 5.69 Å². The van der Waals surface area contributed by atoms with Crippen LogP contribution in [0.15, 0.2) is 18.2 Å². The Morgan fingerprint density at radius 1 is 1.50 bits per heavy atom. The Bertz CT molecular complexity index is 473. The number of likely N-dealkylation sites (N-methyl/N-ethyl adjacent to an activating group) is 1. The molecule has 0 amide bonds. The lowest BCUT2D eigenvalue weighted by Gasteiger charge is -2.29. The molecule has 1 aliphatic rings. The number of piperidine rings is 1. The van der Waals surface area contributed by atoms with Gasteiger partial charge in [-0.05, 0) is 31.5 Å². The molecule has 1 aliphatic heterocycles. The van der Waals surface area contributed by atoms with Crippen molar-refractivity contribution in [3.63, 3.8) is 0 Å². The van der Waals surface area contributed by atoms with Crippen molar-refractivity contribution >= 4 is 11.4 Å². The van der Waals surface area contributed by atoms with Gasteiger partial charge in [-0.1, -0.05) is 6.42 Å². The molecular weight excluding hydrogens is 258 g/mol. The van der Waals surface area contributed by atoms with Crippen LogP contribution >= 0.6 is 0 Å². The zero-order chi connectivity index (χ0) is 14.5. The van der Waals surface area contributed by atoms with Crippen molar-refractivity contribution in [3.8, 4) is 5.75 Å². The van der Waals surface area contributed by atoms with Gasteiger partial charge in [-0.2, -0.15) is 0 Å². The smallest absolute Gasteiger partial charge is 0.296 e. The second kappa shape index (κ2) is 6.56. The minimum atomic E-state index is -0.358. The number of nitro benzene ring substituents is 1. The van der Waals surface area contributed by atoms with Crippen LogP contribution in [0.5, 0.6) is 5.75 Å². The highest BCUT2D eigenvalue weighted by Gasteiger charge is 2.21. The van der Waals surface area contributed by atoms with Crippen molar-refractivity contribution in [1.82, 2.24) is 5.32 Å². The summed E-state index contributed by atoms with van der Waals surface area (Å²) in [7, 11) is 3.40. The number of ether oxygens (including phenoxy) is 1. The van der Waals surface area contributed by atoms with Crippen molar-refractivity contribution < 1.29 is 9.66 Å². The third-order valence-corrected chi connectivity index (χ3v) is 3.70. The van der Waals surface area contributed by atoms with Crippen LogP contribution < -0.4 is 15.0 Å². The van der Waals surface area contributed by atoms with E-state index in [0.717, 1.165) is 19.5 Å². The molecule has 2 rings (SSSR count). The van der Waals surface area contributed by atoms with Crippen LogP contribution in [0.3, 0.4) is 0 Å². The molecule has 1 saturated heterocycles. The summed E-state index contributed by atoms with van der Waals surface area (Å²) in [6.45, 7) is 1.80. The maximum atomic E-state index is 11.2. The van der Waals surface area contributed by atoms with E-state index in [0.29, 0.717) is 17.5 Å². The maximum absolute atomic E-state index is 11.2. The van der Waals surface area contributed by atoms with Gasteiger partial charge in [0.15, 0.2) is 0 Å². The maximum Gasteiger partial charge on any atom is 0.296 e. The molecule has 1 N–H and O–H groups in total. The quantitative estimate of drug-likeness (QED) is 0.661. The summed E-state index contributed by atoms with van der Waals surface area (Å²) < 4.78 is 5.05. The van der Waals surface area contributed by atoms with E-state index in [9.17, 15) is 10.1 Å². The molecule has 110 valence electrons. The molecule has 0 aromatic heterocycles. The minimum absolute atomic E-state index is 0.0858. The van der Waals surface area contributed by atoms with E-state index in [1.165, 1.54) is 26.0 Å². The van der Waals surface area contributed by atoms with Crippen molar-refractivity contribution in [3.05, 3.63) is 28.3 Å². The number of nitrogens with one attached hydrogen (secondary N) is 1. The molecule has 0 bridgehead atoms. The highest BCUT2D eigenvalue weighted by Crippen LogP contribution is 2.31. The van der Waals surface area contributed by atoms with Gasteiger partial charge in [0.05, 0.1) is 18.1 Å². The zero-order valence-corrected chi connectivity index (χ0v) is 12.0. The molecule has 1 aromatic carbocycles. The predicted octanol–water partition coefficient (Wildman–Crippen LogP) is 2.18. The van der Waals surface area contributed by atoms with E-state index < -0.39 is 0 Å². The first-order valence-corrected chi connectivity index (χ1v) is 6.88. The molecule has 0 saturated carbocycles. The van der Waals surface area contributed by atoms with Crippen molar-refractivity contribution in [2.24, 2.45) is 0 Å². The Morgan fingerprint density at radius 3 is 2.90 bits per heavy atom. The first-order chi connectivity index (χ1) is 9.61. The Balaban J connectivity index is 2.15. The number of rotatable bonds is 5. The lowest BCUT2D eigenvalue weighted by Crippen LogP contribution is -2.42. The van der Waals surface area contributed by atoms with Crippen LogP contribution in [0.1, 0.15) is 19.3 Å². The standard InChI is InChI=1S/C14H21N3O3/c1-16(10-11-5-3-4-8-15-11)13-7-6-12(20-2)9-14(13)17(18)19/h6-7,9,11,15H,3-5,8,10H2,1-2H3. The van der Waals surface area contributed by atoms with Crippen LogP contribution in [-0.2, 0) is 0 Å². The molecular formula is C14H21N3O3. The second-order valence-electron chi connectivity index (χ2n) is 5.14. The summed E-state index contributed by atoms with van der Waals surface area (Å²) in [5.41, 5.74) is 0.714. The topological polar surface area (TPSA) is 67.6 Å². The summed E-state index contributed by atoms with van der Waals surface area (Å²) in [5.74, 6) is 0.504. The van der Waals surface area contributed by atoms with Crippen molar-refractivity contribution in [2.45, 2.75) is 25.3 Å². The summed E-state index contributed by atoms with van der Waals surface area (Å²) in [6, 6.07) is 5.38. The fraction of sp³-hybridized carbons (Fsp3) is 0.571. The largest absolute Gasteiger partial charge is 0.496 e. The van der Waals surface area contributed by atoms with Crippen LogP contribution in [-0.4, -0.2) is 38.2 Å². The van der Waals surface area contributed by atoms with Gasteiger partial charge >= 0.3 is 0 Å². The van der Waals surface area contributed by atoms with Gasteiger partial charge in [0, 0.05) is 19.6 Å². The monoisotopic (exact) mass is 279 g/mol. The van der Waals surface area contributed by atoms with E-state index in [1.807, 2.05) is 11.9 Å². The zero-order valence-electron chi connectivity index (χ0n) is 12.0. The van der Waals surface area contributed by atoms with E-state index in [1.54, 1.807) is 12.1 Å². The van der Waals surface area contributed by atoms with Crippen LogP contribution in [0, 0.1) is 10.1 Å². The van der Waals surface area contributed by atoms with Gasteiger partial charge < -0.3 is 15.0 Å². The number of hydrogen-bond acceptors (Lipinski definition) is 5. The Hall–Kier alpha value is -1.82. The molecule has 1 heterocycles. The summed E-state index contributed by atoms with van der Waals surface area (Å²) in [6.07, 6.45) is 3.55. The van der Waals surface area contributed by atoms with Gasteiger partial charge in [0.2, 0.25) is 0 Å². The Labute approximate surface area is 118 Å². The highest BCUT2D eigenvalue weighted by atomic mass is 16.6. The fourth-order valence-corrected chi connectivity index (χ4v) is 2.61. The minimum Gasteiger partial charge on any atom is -0.496 e. The van der Waals surface area contributed by atoms with E-state index >= 15 is 0 Å². The first kappa shape index (κ1) is 14.6. The molecule has 6 heteroatoms. The molecule has 1 unspecified atom stereocenters. The molecule has 0 aliphatic carbocycles. The number of benzene rings is 1. The van der Waals surface area contributed by atoms with Crippen LogP contribution in [0.25, 0.3) is 0 Å². The molecule has 0 radical (unpaired) electrons. The third-order valence-electron chi connectivity index (χ3n) is 3.70. The second-order valence-corrected chi connectivity index (χ2v) is 5.14. The molecule has 1 atom stereocenters. The lowest BCUT2D eigenvalue weighted by molar-refractivity contribution is -0.384. The SMILES string of the molecule is COc1ccc(N(C)CC2CCCCN2)c([N+](=O)[O-])c1. The average molecular weight is 279 g/mol. The lowest BCUT2D eigenvalue weighted by atomic mass is 10.0. The van der Waals surface area contributed by atoms with E-state index in [4.69, 9.17) is 4.74 Å². The van der Waals surface area contributed by atoms with Crippen LogP contribution in [0.4, 0.5) is 11.4 Å². The first-order valence-electron chi connectivity index (χ1n) is 6.88. The van der Waals surface area contributed by atoms with Crippen molar-refractivity contribution in [2.75, 3.05) is 32.1 Å². The molecule has 0 spiro atoms. The average Bonchev–Trinajstić information content (AvgIpc) is 2.47. The van der Waals surface area contributed by atoms with Crippen molar-refractivity contribution in [1.29, 1.82) is 0 Å². The van der Waals surface area contributed by atoms with Crippen LogP contribution in [0.2, 0.25) is 0 Å². The molecule has 6 nitrogen and oxygen atoms in total. The van der Waals surface area contributed by atoms with E-state index in [2.05, 4.69) is 5.32 Å². The Morgan fingerprint density at radius 2 is 2.30 bits per heavy atom. The normalized spacial score (nSPS) is 18.6.